The molecule has 0 saturated heterocycles. The van der Waals surface area contributed by atoms with E-state index in [1.54, 1.807) is 23.1 Å². The molecular formula is C28H25N3O3. The van der Waals surface area contributed by atoms with E-state index in [1.807, 2.05) is 66.9 Å². The van der Waals surface area contributed by atoms with Crippen LogP contribution in [0.3, 0.4) is 0 Å². The maximum Gasteiger partial charge on any atom is 0.269 e. The fraction of sp³-hybridized carbons (Fsp3) is 0.107. The van der Waals surface area contributed by atoms with Crippen LogP contribution in [0.1, 0.15) is 22.4 Å². The van der Waals surface area contributed by atoms with Gasteiger partial charge in [-0.1, -0.05) is 60.7 Å². The predicted molar refractivity (Wildman–Crippen MR) is 133 cm³/mol. The molecule has 0 spiro atoms. The van der Waals surface area contributed by atoms with Crippen molar-refractivity contribution in [1.29, 1.82) is 0 Å². The van der Waals surface area contributed by atoms with Gasteiger partial charge in [0.1, 0.15) is 0 Å². The van der Waals surface area contributed by atoms with E-state index in [0.29, 0.717) is 13.1 Å². The molecule has 1 aromatic heterocycles. The quantitative estimate of drug-likeness (QED) is 0.187. The molecule has 0 N–H and O–H groups in total. The molecule has 0 bridgehead atoms. The molecule has 34 heavy (non-hydrogen) atoms. The fourth-order valence-electron chi connectivity index (χ4n) is 3.72. The van der Waals surface area contributed by atoms with E-state index in [0.717, 1.165) is 23.4 Å². The summed E-state index contributed by atoms with van der Waals surface area (Å²) in [5, 5.41) is 10.9. The molecule has 0 aliphatic carbocycles. The van der Waals surface area contributed by atoms with E-state index in [9.17, 15) is 14.9 Å². The third kappa shape index (κ3) is 6.07. The van der Waals surface area contributed by atoms with Crippen LogP contribution in [-0.4, -0.2) is 20.3 Å². The Hall–Kier alpha value is -4.45. The zero-order chi connectivity index (χ0) is 23.8. The van der Waals surface area contributed by atoms with Gasteiger partial charge in [-0.25, -0.2) is 0 Å². The largest absolute Gasteiger partial charge is 0.345 e. The number of carbonyl (C=O) groups is 1. The molecule has 3 aromatic carbocycles. The summed E-state index contributed by atoms with van der Waals surface area (Å²) >= 11 is 0. The first-order chi connectivity index (χ1) is 16.6. The summed E-state index contributed by atoms with van der Waals surface area (Å²) < 4.78 is 2.15. The van der Waals surface area contributed by atoms with Gasteiger partial charge in [0.05, 0.1) is 11.5 Å². The molecule has 1 amide bonds. The summed E-state index contributed by atoms with van der Waals surface area (Å²) in [4.78, 5) is 25.4. The van der Waals surface area contributed by atoms with Gasteiger partial charge in [-0.3, -0.25) is 14.9 Å². The lowest BCUT2D eigenvalue weighted by Crippen LogP contribution is -2.29. The summed E-state index contributed by atoms with van der Waals surface area (Å²) in [6, 6.07) is 30.3. The van der Waals surface area contributed by atoms with Crippen LogP contribution in [0.5, 0.6) is 0 Å². The van der Waals surface area contributed by atoms with Crippen LogP contribution in [0, 0.1) is 10.1 Å². The number of benzene rings is 3. The maximum absolute atomic E-state index is 13.2. The van der Waals surface area contributed by atoms with Crippen LogP contribution < -0.4 is 0 Å². The number of hydrogen-bond acceptors (Lipinski definition) is 3. The van der Waals surface area contributed by atoms with E-state index in [4.69, 9.17) is 0 Å². The zero-order valence-electron chi connectivity index (χ0n) is 18.7. The van der Waals surface area contributed by atoms with Crippen LogP contribution in [0.4, 0.5) is 5.69 Å². The molecule has 170 valence electrons. The van der Waals surface area contributed by atoms with E-state index >= 15 is 0 Å². The molecule has 0 atom stereocenters. The van der Waals surface area contributed by atoms with Gasteiger partial charge < -0.3 is 9.47 Å². The average Bonchev–Trinajstić information content (AvgIpc) is 3.30. The van der Waals surface area contributed by atoms with Crippen molar-refractivity contribution in [2.24, 2.45) is 0 Å². The Morgan fingerprint density at radius 3 is 2.12 bits per heavy atom. The Balaban J connectivity index is 1.53. The van der Waals surface area contributed by atoms with E-state index in [2.05, 4.69) is 16.7 Å². The van der Waals surface area contributed by atoms with Gasteiger partial charge in [0, 0.05) is 43.2 Å². The summed E-state index contributed by atoms with van der Waals surface area (Å²) in [6.45, 7) is 1.66. The van der Waals surface area contributed by atoms with Crippen molar-refractivity contribution < 1.29 is 9.72 Å². The molecule has 0 aliphatic rings. The van der Waals surface area contributed by atoms with Gasteiger partial charge in [-0.2, -0.15) is 0 Å². The highest BCUT2D eigenvalue weighted by atomic mass is 16.6. The van der Waals surface area contributed by atoms with Crippen molar-refractivity contribution in [3.05, 3.63) is 142 Å². The van der Waals surface area contributed by atoms with E-state index in [-0.39, 0.29) is 11.6 Å². The number of carbonyl (C=O) groups excluding carboxylic acids is 1. The van der Waals surface area contributed by atoms with Gasteiger partial charge in [-0.05, 0) is 47.0 Å². The molecular weight excluding hydrogens is 426 g/mol. The lowest BCUT2D eigenvalue weighted by molar-refractivity contribution is -0.384. The Labute approximate surface area is 198 Å². The minimum atomic E-state index is -0.440. The molecule has 1 heterocycles. The summed E-state index contributed by atoms with van der Waals surface area (Å²) in [5.41, 5.74) is 4.02. The van der Waals surface area contributed by atoms with Crippen molar-refractivity contribution in [3.63, 3.8) is 0 Å². The highest BCUT2D eigenvalue weighted by Gasteiger charge is 2.15. The highest BCUT2D eigenvalue weighted by Crippen LogP contribution is 2.16. The van der Waals surface area contributed by atoms with Gasteiger partial charge in [0.25, 0.3) is 5.69 Å². The van der Waals surface area contributed by atoms with Crippen molar-refractivity contribution >= 4 is 17.7 Å². The lowest BCUT2D eigenvalue weighted by Gasteiger charge is -2.23. The minimum absolute atomic E-state index is 0.0216. The number of non-ortho nitro benzene ring substituents is 1. The highest BCUT2D eigenvalue weighted by molar-refractivity contribution is 5.91. The lowest BCUT2D eigenvalue weighted by atomic mass is 10.1. The van der Waals surface area contributed by atoms with E-state index in [1.165, 1.54) is 23.8 Å². The molecule has 0 saturated carbocycles. The molecule has 4 aromatic rings. The van der Waals surface area contributed by atoms with Crippen molar-refractivity contribution in [3.8, 4) is 0 Å². The maximum atomic E-state index is 13.2. The average molecular weight is 452 g/mol. The van der Waals surface area contributed by atoms with Gasteiger partial charge >= 0.3 is 0 Å². The second kappa shape index (κ2) is 10.9. The summed E-state index contributed by atoms with van der Waals surface area (Å²) in [6.07, 6.45) is 5.24. The van der Waals surface area contributed by atoms with Crippen LogP contribution >= 0.6 is 0 Å². The number of amides is 1. The molecule has 0 radical (unpaired) electrons. The molecule has 0 aliphatic heterocycles. The Morgan fingerprint density at radius 2 is 1.47 bits per heavy atom. The summed E-state index contributed by atoms with van der Waals surface area (Å²) in [5.74, 6) is -0.130. The second-order valence-corrected chi connectivity index (χ2v) is 7.97. The third-order valence-electron chi connectivity index (χ3n) is 5.52. The van der Waals surface area contributed by atoms with Crippen LogP contribution in [-0.2, 0) is 24.4 Å². The number of rotatable bonds is 9. The normalized spacial score (nSPS) is 10.9. The van der Waals surface area contributed by atoms with Crippen LogP contribution in [0.2, 0.25) is 0 Å². The number of hydrogen-bond donors (Lipinski definition) is 0. The van der Waals surface area contributed by atoms with Gasteiger partial charge in [0.2, 0.25) is 5.91 Å². The van der Waals surface area contributed by atoms with Crippen molar-refractivity contribution in [1.82, 2.24) is 9.47 Å². The smallest absolute Gasteiger partial charge is 0.269 e. The molecule has 6 nitrogen and oxygen atoms in total. The number of nitrogens with zero attached hydrogens (tertiary/aromatic N) is 3. The molecule has 6 heteroatoms. The topological polar surface area (TPSA) is 68.4 Å². The van der Waals surface area contributed by atoms with E-state index < -0.39 is 4.92 Å². The second-order valence-electron chi connectivity index (χ2n) is 7.97. The first-order valence-corrected chi connectivity index (χ1v) is 11.0. The number of nitro groups is 1. The monoisotopic (exact) mass is 451 g/mol. The molecule has 0 fully saturated rings. The van der Waals surface area contributed by atoms with Crippen LogP contribution in [0.15, 0.2) is 109 Å². The van der Waals surface area contributed by atoms with Gasteiger partial charge in [0.15, 0.2) is 0 Å². The number of nitro benzene ring substituents is 1. The minimum Gasteiger partial charge on any atom is -0.345 e. The van der Waals surface area contributed by atoms with Crippen molar-refractivity contribution in [2.75, 3.05) is 0 Å². The zero-order valence-corrected chi connectivity index (χ0v) is 18.7. The van der Waals surface area contributed by atoms with Crippen molar-refractivity contribution in [2.45, 2.75) is 19.6 Å². The first-order valence-electron chi connectivity index (χ1n) is 11.0. The Bertz CT molecular complexity index is 1260. The van der Waals surface area contributed by atoms with Crippen LogP contribution in [0.25, 0.3) is 6.08 Å². The fourth-order valence-corrected chi connectivity index (χ4v) is 3.72. The predicted octanol–water partition coefficient (Wildman–Crippen LogP) is 5.69. The third-order valence-corrected chi connectivity index (χ3v) is 5.52. The molecule has 0 unspecified atom stereocenters. The van der Waals surface area contributed by atoms with Gasteiger partial charge in [-0.15, -0.1) is 0 Å². The standard InChI is InChI=1S/C28H25N3O3/c32-28(18-15-23-13-16-26(17-14-23)31(33)34)30(21-25-10-5-2-6-11-25)22-27-12-7-19-29(27)20-24-8-3-1-4-9-24/h1-19H,20-22H2. The molecule has 4 rings (SSSR count). The SMILES string of the molecule is O=C(C=Cc1ccc([N+](=O)[O-])cc1)N(Cc1ccccc1)Cc1cccn1Cc1ccccc1. The summed E-state index contributed by atoms with van der Waals surface area (Å²) in [7, 11) is 0. The Morgan fingerprint density at radius 1 is 0.824 bits per heavy atom. The first kappa shape index (κ1) is 22.7. The Kier molecular flexibility index (Phi) is 7.30. The number of aromatic nitrogens is 1.